The molecule has 1 aromatic carbocycles. The summed E-state index contributed by atoms with van der Waals surface area (Å²) in [4.78, 5) is 0. The molecule has 100 valence electrons. The molecular formula is C14H18BrClO2. The van der Waals surface area contributed by atoms with E-state index in [4.69, 9.17) is 21.1 Å². The van der Waals surface area contributed by atoms with Crippen LogP contribution in [-0.2, 0) is 4.74 Å². The molecule has 0 saturated carbocycles. The highest BCUT2D eigenvalue weighted by Crippen LogP contribution is 2.39. The Balaban J connectivity index is 2.22. The first-order valence-corrected chi connectivity index (χ1v) is 7.56. The van der Waals surface area contributed by atoms with Crippen molar-refractivity contribution in [3.8, 4) is 5.75 Å². The smallest absolute Gasteiger partial charge is 0.124 e. The summed E-state index contributed by atoms with van der Waals surface area (Å²) in [6.07, 6.45) is 2.47. The highest BCUT2D eigenvalue weighted by atomic mass is 79.9. The Morgan fingerprint density at radius 1 is 1.50 bits per heavy atom. The molecule has 3 unspecified atom stereocenters. The second kappa shape index (κ2) is 6.27. The molecular weight excluding hydrogens is 316 g/mol. The summed E-state index contributed by atoms with van der Waals surface area (Å²) >= 11 is 10.0. The lowest BCUT2D eigenvalue weighted by atomic mass is 10.0. The molecule has 18 heavy (non-hydrogen) atoms. The maximum Gasteiger partial charge on any atom is 0.124 e. The Hall–Kier alpha value is -0.250. The summed E-state index contributed by atoms with van der Waals surface area (Å²) < 4.78 is 12.5. The first-order chi connectivity index (χ1) is 8.61. The molecule has 1 fully saturated rings. The molecule has 0 bridgehead atoms. The highest BCUT2D eigenvalue weighted by molar-refractivity contribution is 9.10. The molecule has 1 heterocycles. The molecule has 0 N–H and O–H groups in total. The normalized spacial score (nSPS) is 25.1. The van der Waals surface area contributed by atoms with Crippen molar-refractivity contribution in [3.63, 3.8) is 0 Å². The van der Waals surface area contributed by atoms with Gasteiger partial charge in [-0.05, 0) is 44.9 Å². The van der Waals surface area contributed by atoms with Crippen LogP contribution in [0.25, 0.3) is 0 Å². The van der Waals surface area contributed by atoms with E-state index in [1.165, 1.54) is 0 Å². The monoisotopic (exact) mass is 332 g/mol. The predicted molar refractivity (Wildman–Crippen MR) is 77.5 cm³/mol. The van der Waals surface area contributed by atoms with Crippen LogP contribution in [-0.4, -0.2) is 18.8 Å². The summed E-state index contributed by atoms with van der Waals surface area (Å²) in [6.45, 7) is 4.71. The van der Waals surface area contributed by atoms with Crippen LogP contribution in [0, 0.1) is 0 Å². The van der Waals surface area contributed by atoms with Crippen molar-refractivity contribution < 1.29 is 9.47 Å². The predicted octanol–water partition coefficient (Wildman–Crippen LogP) is 4.70. The molecule has 1 aliphatic heterocycles. The van der Waals surface area contributed by atoms with E-state index in [0.717, 1.165) is 28.6 Å². The topological polar surface area (TPSA) is 18.5 Å². The molecule has 3 atom stereocenters. The molecule has 2 nitrogen and oxygen atoms in total. The summed E-state index contributed by atoms with van der Waals surface area (Å²) in [5, 5.41) is -0.158. The van der Waals surface area contributed by atoms with Crippen LogP contribution in [0.5, 0.6) is 5.75 Å². The zero-order valence-electron chi connectivity index (χ0n) is 10.7. The Kier molecular flexibility index (Phi) is 4.93. The van der Waals surface area contributed by atoms with E-state index in [1.54, 1.807) is 0 Å². The minimum atomic E-state index is -0.158. The zero-order valence-corrected chi connectivity index (χ0v) is 13.0. The summed E-state index contributed by atoms with van der Waals surface area (Å²) in [7, 11) is 0. The maximum absolute atomic E-state index is 6.56. The van der Waals surface area contributed by atoms with Gasteiger partial charge in [-0.15, -0.1) is 11.6 Å². The van der Waals surface area contributed by atoms with Crippen molar-refractivity contribution >= 4 is 27.5 Å². The molecule has 4 heteroatoms. The van der Waals surface area contributed by atoms with E-state index in [1.807, 2.05) is 25.1 Å². The van der Waals surface area contributed by atoms with Crippen LogP contribution >= 0.6 is 27.5 Å². The van der Waals surface area contributed by atoms with Crippen LogP contribution in [0.15, 0.2) is 22.7 Å². The largest absolute Gasteiger partial charge is 0.494 e. The molecule has 0 aliphatic carbocycles. The van der Waals surface area contributed by atoms with Crippen molar-refractivity contribution in [2.75, 3.05) is 6.61 Å². The van der Waals surface area contributed by atoms with E-state index < -0.39 is 0 Å². The second-order valence-electron chi connectivity index (χ2n) is 4.58. The molecule has 0 aromatic heterocycles. The number of alkyl halides is 1. The molecule has 2 rings (SSSR count). The average molecular weight is 334 g/mol. The minimum absolute atomic E-state index is 0.0789. The van der Waals surface area contributed by atoms with Crippen molar-refractivity contribution in [2.45, 2.75) is 44.3 Å². The average Bonchev–Trinajstić information content (AvgIpc) is 2.77. The quantitative estimate of drug-likeness (QED) is 0.744. The van der Waals surface area contributed by atoms with Crippen molar-refractivity contribution in [1.29, 1.82) is 0 Å². The second-order valence-corrected chi connectivity index (χ2v) is 5.97. The highest BCUT2D eigenvalue weighted by Gasteiger charge is 2.31. The lowest BCUT2D eigenvalue weighted by Gasteiger charge is -2.20. The van der Waals surface area contributed by atoms with Gasteiger partial charge in [0.2, 0.25) is 0 Å². The standard InChI is InChI=1S/C14H18BrClO2/c1-3-17-12-7-5-10(15)8-11(12)14(16)13-6-4-9(2)18-13/h5,7-9,13-14H,3-4,6H2,1-2H3. The third-order valence-corrected chi connectivity index (χ3v) is 4.17. The fourth-order valence-corrected chi connectivity index (χ4v) is 3.01. The molecule has 0 amide bonds. The number of halogens is 2. The van der Waals surface area contributed by atoms with Crippen LogP contribution in [0.3, 0.4) is 0 Å². The lowest BCUT2D eigenvalue weighted by molar-refractivity contribution is 0.0529. The molecule has 1 aromatic rings. The van der Waals surface area contributed by atoms with Gasteiger partial charge in [-0.3, -0.25) is 0 Å². The van der Waals surface area contributed by atoms with Gasteiger partial charge in [0.25, 0.3) is 0 Å². The number of hydrogen-bond acceptors (Lipinski definition) is 2. The van der Waals surface area contributed by atoms with Crippen LogP contribution in [0.1, 0.15) is 37.6 Å². The molecule has 1 saturated heterocycles. The van der Waals surface area contributed by atoms with Crippen LogP contribution in [0.4, 0.5) is 0 Å². The summed E-state index contributed by atoms with van der Waals surface area (Å²) in [5.41, 5.74) is 1.01. The Labute approximate surface area is 122 Å². The Morgan fingerprint density at radius 2 is 2.28 bits per heavy atom. The maximum atomic E-state index is 6.56. The first kappa shape index (κ1) is 14.2. The van der Waals surface area contributed by atoms with Gasteiger partial charge < -0.3 is 9.47 Å². The molecule has 0 spiro atoms. The number of benzene rings is 1. The van der Waals surface area contributed by atoms with Gasteiger partial charge in [0.15, 0.2) is 0 Å². The van der Waals surface area contributed by atoms with Gasteiger partial charge in [-0.25, -0.2) is 0 Å². The van der Waals surface area contributed by atoms with Crippen molar-refractivity contribution in [2.24, 2.45) is 0 Å². The van der Waals surface area contributed by atoms with Crippen molar-refractivity contribution in [3.05, 3.63) is 28.2 Å². The molecule has 1 aliphatic rings. The number of rotatable bonds is 4. The first-order valence-electron chi connectivity index (χ1n) is 6.33. The molecule has 0 radical (unpaired) electrons. The van der Waals surface area contributed by atoms with Crippen molar-refractivity contribution in [1.82, 2.24) is 0 Å². The Morgan fingerprint density at radius 3 is 2.89 bits per heavy atom. The fraction of sp³-hybridized carbons (Fsp3) is 0.571. The fourth-order valence-electron chi connectivity index (χ4n) is 2.27. The van der Waals surface area contributed by atoms with E-state index in [0.29, 0.717) is 12.7 Å². The van der Waals surface area contributed by atoms with Gasteiger partial charge in [-0.2, -0.15) is 0 Å². The van der Waals surface area contributed by atoms with Gasteiger partial charge >= 0.3 is 0 Å². The minimum Gasteiger partial charge on any atom is -0.494 e. The van der Waals surface area contributed by atoms with E-state index in [2.05, 4.69) is 22.9 Å². The SMILES string of the molecule is CCOc1ccc(Br)cc1C(Cl)C1CCC(C)O1. The third-order valence-electron chi connectivity index (χ3n) is 3.16. The van der Waals surface area contributed by atoms with E-state index in [9.17, 15) is 0 Å². The third kappa shape index (κ3) is 3.19. The van der Waals surface area contributed by atoms with Gasteiger partial charge in [0, 0.05) is 10.0 Å². The van der Waals surface area contributed by atoms with Gasteiger partial charge in [0.05, 0.1) is 24.2 Å². The lowest BCUT2D eigenvalue weighted by Crippen LogP contribution is -2.15. The Bertz CT molecular complexity index is 411. The van der Waals surface area contributed by atoms with E-state index in [-0.39, 0.29) is 11.5 Å². The van der Waals surface area contributed by atoms with Gasteiger partial charge in [-0.1, -0.05) is 15.9 Å². The number of ether oxygens (including phenoxy) is 2. The van der Waals surface area contributed by atoms with Crippen LogP contribution in [0.2, 0.25) is 0 Å². The van der Waals surface area contributed by atoms with Crippen LogP contribution < -0.4 is 4.74 Å². The summed E-state index contributed by atoms with van der Waals surface area (Å²) in [6, 6.07) is 5.95. The zero-order chi connectivity index (χ0) is 13.1. The summed E-state index contributed by atoms with van der Waals surface area (Å²) in [5.74, 6) is 0.851. The van der Waals surface area contributed by atoms with E-state index >= 15 is 0 Å². The number of hydrogen-bond donors (Lipinski definition) is 0. The van der Waals surface area contributed by atoms with Gasteiger partial charge in [0.1, 0.15) is 5.75 Å².